The largest absolute Gasteiger partial charge is 0.353 e. The molecule has 1 aromatic carbocycles. The summed E-state index contributed by atoms with van der Waals surface area (Å²) in [6.07, 6.45) is 1.14. The maximum absolute atomic E-state index is 12.0. The van der Waals surface area contributed by atoms with Gasteiger partial charge in [-0.2, -0.15) is 0 Å². The second-order valence-corrected chi connectivity index (χ2v) is 6.64. The van der Waals surface area contributed by atoms with Gasteiger partial charge in [-0.05, 0) is 36.0 Å². The lowest BCUT2D eigenvalue weighted by Gasteiger charge is -2.26. The predicted molar refractivity (Wildman–Crippen MR) is 86.4 cm³/mol. The third-order valence-corrected chi connectivity index (χ3v) is 4.13. The molecule has 0 unspecified atom stereocenters. The Kier molecular flexibility index (Phi) is 6.84. The number of nitrogens with one attached hydrogen (secondary N) is 1. The summed E-state index contributed by atoms with van der Waals surface area (Å²) < 4.78 is 0. The quantitative estimate of drug-likeness (QED) is 0.808. The van der Waals surface area contributed by atoms with Gasteiger partial charge in [0.05, 0.1) is 10.0 Å². The van der Waals surface area contributed by atoms with Gasteiger partial charge >= 0.3 is 0 Å². The molecule has 0 radical (unpaired) electrons. The predicted octanol–water partition coefficient (Wildman–Crippen LogP) is 4.72. The van der Waals surface area contributed by atoms with Gasteiger partial charge < -0.3 is 5.32 Å². The fourth-order valence-electron chi connectivity index (χ4n) is 2.31. The second kappa shape index (κ2) is 7.90. The van der Waals surface area contributed by atoms with Gasteiger partial charge in [0, 0.05) is 12.5 Å². The van der Waals surface area contributed by atoms with Crippen LogP contribution in [0.2, 0.25) is 10.0 Å². The highest BCUT2D eigenvalue weighted by atomic mass is 35.5. The highest BCUT2D eigenvalue weighted by Gasteiger charge is 2.19. The molecule has 0 saturated heterocycles. The Hall–Kier alpha value is -0.730. The fourth-order valence-corrected chi connectivity index (χ4v) is 2.63. The van der Waals surface area contributed by atoms with Crippen molar-refractivity contribution in [1.29, 1.82) is 0 Å². The zero-order chi connectivity index (χ0) is 15.3. The maximum atomic E-state index is 12.0. The molecular weight excluding hydrogens is 293 g/mol. The number of hydrogen-bond donors (Lipinski definition) is 1. The van der Waals surface area contributed by atoms with Gasteiger partial charge in [-0.3, -0.25) is 4.79 Å². The van der Waals surface area contributed by atoms with E-state index in [2.05, 4.69) is 33.0 Å². The summed E-state index contributed by atoms with van der Waals surface area (Å²) in [5, 5.41) is 4.19. The Balaban J connectivity index is 2.52. The fraction of sp³-hybridized carbons (Fsp3) is 0.562. The number of carbonyl (C=O) groups is 1. The standard InChI is InChI=1S/C16H23Cl2NO/c1-10(2)16(11(3)4)19-15(20)8-6-12-5-7-13(17)14(18)9-12/h5,7,9-11,16H,6,8H2,1-4H3,(H,19,20). The van der Waals surface area contributed by atoms with Gasteiger partial charge in [-0.1, -0.05) is 57.0 Å². The Bertz CT molecular complexity index is 450. The molecule has 112 valence electrons. The van der Waals surface area contributed by atoms with E-state index in [1.165, 1.54) is 0 Å². The summed E-state index contributed by atoms with van der Waals surface area (Å²) >= 11 is 11.8. The molecule has 0 saturated carbocycles. The molecule has 1 amide bonds. The first kappa shape index (κ1) is 17.3. The first-order valence-corrected chi connectivity index (χ1v) is 7.80. The molecule has 1 aromatic rings. The van der Waals surface area contributed by atoms with Crippen molar-refractivity contribution < 1.29 is 4.79 Å². The van der Waals surface area contributed by atoms with Crippen molar-refractivity contribution in [2.45, 2.75) is 46.6 Å². The van der Waals surface area contributed by atoms with Crippen LogP contribution >= 0.6 is 23.2 Å². The van der Waals surface area contributed by atoms with Crippen molar-refractivity contribution in [3.63, 3.8) is 0 Å². The zero-order valence-electron chi connectivity index (χ0n) is 12.5. The van der Waals surface area contributed by atoms with Crippen LogP contribution in [0, 0.1) is 11.8 Å². The molecular formula is C16H23Cl2NO. The second-order valence-electron chi connectivity index (χ2n) is 5.83. The molecule has 0 aromatic heterocycles. The van der Waals surface area contributed by atoms with E-state index in [-0.39, 0.29) is 11.9 Å². The molecule has 0 atom stereocenters. The number of amides is 1. The third kappa shape index (κ3) is 5.34. The van der Waals surface area contributed by atoms with Crippen LogP contribution in [0.25, 0.3) is 0 Å². The van der Waals surface area contributed by atoms with Crippen molar-refractivity contribution in [1.82, 2.24) is 5.32 Å². The van der Waals surface area contributed by atoms with Crippen molar-refractivity contribution in [2.75, 3.05) is 0 Å². The van der Waals surface area contributed by atoms with Crippen molar-refractivity contribution in [2.24, 2.45) is 11.8 Å². The number of aryl methyl sites for hydroxylation is 1. The van der Waals surface area contributed by atoms with Crippen LogP contribution in [0.15, 0.2) is 18.2 Å². The minimum atomic E-state index is 0.0865. The monoisotopic (exact) mass is 315 g/mol. The van der Waals surface area contributed by atoms with Crippen LogP contribution in [0.4, 0.5) is 0 Å². The van der Waals surface area contributed by atoms with Gasteiger partial charge in [0.15, 0.2) is 0 Å². The average molecular weight is 316 g/mol. The van der Waals surface area contributed by atoms with Gasteiger partial charge in [0.2, 0.25) is 5.91 Å². The van der Waals surface area contributed by atoms with Gasteiger partial charge in [0.1, 0.15) is 0 Å². The lowest BCUT2D eigenvalue weighted by atomic mass is 9.93. The van der Waals surface area contributed by atoms with E-state index in [0.717, 1.165) is 5.56 Å². The first-order chi connectivity index (χ1) is 9.31. The molecule has 1 N–H and O–H groups in total. The molecule has 2 nitrogen and oxygen atoms in total. The van der Waals surface area contributed by atoms with E-state index < -0.39 is 0 Å². The minimum Gasteiger partial charge on any atom is -0.353 e. The minimum absolute atomic E-state index is 0.0865. The number of carbonyl (C=O) groups excluding carboxylic acids is 1. The Morgan fingerprint density at radius 3 is 2.20 bits per heavy atom. The molecule has 0 fully saturated rings. The molecule has 0 aliphatic rings. The molecule has 4 heteroatoms. The molecule has 1 rings (SSSR count). The maximum Gasteiger partial charge on any atom is 0.220 e. The van der Waals surface area contributed by atoms with Crippen molar-refractivity contribution in [3.8, 4) is 0 Å². The van der Waals surface area contributed by atoms with Crippen LogP contribution in [0.1, 0.15) is 39.7 Å². The molecule has 0 aliphatic heterocycles. The van der Waals surface area contributed by atoms with Crippen LogP contribution in [0.3, 0.4) is 0 Å². The van der Waals surface area contributed by atoms with E-state index in [1.54, 1.807) is 6.07 Å². The van der Waals surface area contributed by atoms with Crippen LogP contribution in [-0.2, 0) is 11.2 Å². The summed E-state index contributed by atoms with van der Waals surface area (Å²) in [5.74, 6) is 0.955. The van der Waals surface area contributed by atoms with Crippen LogP contribution < -0.4 is 5.32 Å². The van der Waals surface area contributed by atoms with E-state index in [4.69, 9.17) is 23.2 Å². The Labute approximate surface area is 131 Å². The summed E-state index contributed by atoms with van der Waals surface area (Å²) in [4.78, 5) is 12.0. The highest BCUT2D eigenvalue weighted by Crippen LogP contribution is 2.23. The smallest absolute Gasteiger partial charge is 0.220 e. The first-order valence-electron chi connectivity index (χ1n) is 7.04. The lowest BCUT2D eigenvalue weighted by molar-refractivity contribution is -0.122. The van der Waals surface area contributed by atoms with Crippen LogP contribution in [-0.4, -0.2) is 11.9 Å². The summed E-state index contributed by atoms with van der Waals surface area (Å²) in [5.41, 5.74) is 1.03. The molecule has 0 spiro atoms. The number of benzene rings is 1. The van der Waals surface area contributed by atoms with Crippen molar-refractivity contribution in [3.05, 3.63) is 33.8 Å². The normalized spacial score (nSPS) is 11.4. The Morgan fingerprint density at radius 1 is 1.10 bits per heavy atom. The summed E-state index contributed by atoms with van der Waals surface area (Å²) in [6, 6.07) is 5.71. The average Bonchev–Trinajstić information content (AvgIpc) is 2.36. The molecule has 0 bridgehead atoms. The highest BCUT2D eigenvalue weighted by molar-refractivity contribution is 6.42. The molecule has 0 aliphatic carbocycles. The number of rotatable bonds is 6. The lowest BCUT2D eigenvalue weighted by Crippen LogP contribution is -2.42. The number of halogens is 2. The number of hydrogen-bond acceptors (Lipinski definition) is 1. The zero-order valence-corrected chi connectivity index (χ0v) is 14.1. The van der Waals surface area contributed by atoms with E-state index in [1.807, 2.05) is 12.1 Å². The Morgan fingerprint density at radius 2 is 1.70 bits per heavy atom. The van der Waals surface area contributed by atoms with Crippen molar-refractivity contribution >= 4 is 29.1 Å². The summed E-state index contributed by atoms with van der Waals surface area (Å²) in [6.45, 7) is 8.52. The van der Waals surface area contributed by atoms with Gasteiger partial charge in [-0.25, -0.2) is 0 Å². The SMILES string of the molecule is CC(C)C(NC(=O)CCc1ccc(Cl)c(Cl)c1)C(C)C. The molecule has 20 heavy (non-hydrogen) atoms. The third-order valence-electron chi connectivity index (χ3n) is 3.39. The van der Waals surface area contributed by atoms with Gasteiger partial charge in [0.25, 0.3) is 0 Å². The van der Waals surface area contributed by atoms with Crippen LogP contribution in [0.5, 0.6) is 0 Å². The molecule has 0 heterocycles. The summed E-state index contributed by atoms with van der Waals surface area (Å²) in [7, 11) is 0. The van der Waals surface area contributed by atoms with E-state index in [0.29, 0.717) is 34.7 Å². The van der Waals surface area contributed by atoms with E-state index >= 15 is 0 Å². The topological polar surface area (TPSA) is 29.1 Å². The van der Waals surface area contributed by atoms with Gasteiger partial charge in [-0.15, -0.1) is 0 Å². The van der Waals surface area contributed by atoms with E-state index in [9.17, 15) is 4.79 Å².